The van der Waals surface area contributed by atoms with E-state index in [1.165, 1.54) is 11.1 Å². The summed E-state index contributed by atoms with van der Waals surface area (Å²) in [5.74, 6) is 0. The molecule has 0 radical (unpaired) electrons. The van der Waals surface area contributed by atoms with Gasteiger partial charge in [-0.1, -0.05) is 29.8 Å². The zero-order valence-electron chi connectivity index (χ0n) is 11.1. The van der Waals surface area contributed by atoms with Crippen molar-refractivity contribution in [3.05, 3.63) is 35.4 Å². The molecule has 0 aromatic heterocycles. The van der Waals surface area contributed by atoms with Crippen LogP contribution in [0.4, 0.5) is 0 Å². The number of nitrogens with one attached hydrogen (secondary N) is 1. The minimum Gasteiger partial charge on any atom is -0.395 e. The highest BCUT2D eigenvalue weighted by Crippen LogP contribution is 2.17. The second-order valence-electron chi connectivity index (χ2n) is 4.55. The molecule has 1 rings (SSSR count). The Hall–Kier alpha value is -0.510. The molecule has 0 spiro atoms. The molecule has 96 valence electrons. The molecule has 0 fully saturated rings. The smallest absolute Gasteiger partial charge is 0.0564 e. The molecule has 3 unspecified atom stereocenters. The number of aryl methyl sites for hydroxylation is 1. The van der Waals surface area contributed by atoms with E-state index in [1.807, 2.05) is 6.26 Å². The fraction of sp³-hybridized carbons (Fsp3) is 0.571. The van der Waals surface area contributed by atoms with Crippen molar-refractivity contribution in [1.29, 1.82) is 0 Å². The molecular weight excluding hydrogens is 230 g/mol. The van der Waals surface area contributed by atoms with Gasteiger partial charge in [0.05, 0.1) is 6.61 Å². The summed E-state index contributed by atoms with van der Waals surface area (Å²) in [5, 5.41) is 13.1. The van der Waals surface area contributed by atoms with Gasteiger partial charge in [0.1, 0.15) is 0 Å². The van der Waals surface area contributed by atoms with Crippen LogP contribution in [0.1, 0.15) is 31.0 Å². The van der Waals surface area contributed by atoms with E-state index in [4.69, 9.17) is 0 Å². The van der Waals surface area contributed by atoms with Crippen LogP contribution in [-0.4, -0.2) is 29.3 Å². The van der Waals surface area contributed by atoms with Gasteiger partial charge in [-0.15, -0.1) is 0 Å². The van der Waals surface area contributed by atoms with Gasteiger partial charge in [0, 0.05) is 17.3 Å². The lowest BCUT2D eigenvalue weighted by Gasteiger charge is -2.25. The first-order chi connectivity index (χ1) is 8.08. The minimum atomic E-state index is 0.218. The predicted molar refractivity (Wildman–Crippen MR) is 76.6 cm³/mol. The second kappa shape index (κ2) is 7.04. The van der Waals surface area contributed by atoms with Crippen molar-refractivity contribution in [3.63, 3.8) is 0 Å². The Labute approximate surface area is 109 Å². The Morgan fingerprint density at radius 2 is 2.06 bits per heavy atom. The summed E-state index contributed by atoms with van der Waals surface area (Å²) < 4.78 is 0. The Morgan fingerprint density at radius 1 is 1.35 bits per heavy atom. The van der Waals surface area contributed by atoms with E-state index in [0.29, 0.717) is 12.1 Å². The average molecular weight is 253 g/mol. The van der Waals surface area contributed by atoms with Gasteiger partial charge in [0.25, 0.3) is 0 Å². The van der Waals surface area contributed by atoms with Crippen LogP contribution >= 0.6 is 11.8 Å². The summed E-state index contributed by atoms with van der Waals surface area (Å²) in [5.41, 5.74) is 2.59. The monoisotopic (exact) mass is 253 g/mol. The normalized spacial score (nSPS) is 16.5. The van der Waals surface area contributed by atoms with Gasteiger partial charge in [0.15, 0.2) is 0 Å². The van der Waals surface area contributed by atoms with Crippen LogP contribution in [0.15, 0.2) is 24.3 Å². The van der Waals surface area contributed by atoms with Crippen LogP contribution in [0.3, 0.4) is 0 Å². The number of rotatable bonds is 6. The van der Waals surface area contributed by atoms with Gasteiger partial charge in [-0.05, 0) is 32.6 Å². The second-order valence-corrected chi connectivity index (χ2v) is 5.62. The van der Waals surface area contributed by atoms with Gasteiger partial charge in [-0.25, -0.2) is 0 Å². The Morgan fingerprint density at radius 3 is 2.59 bits per heavy atom. The van der Waals surface area contributed by atoms with Crippen LogP contribution in [0.2, 0.25) is 0 Å². The quantitative estimate of drug-likeness (QED) is 0.817. The standard InChI is InChI=1S/C14H23NOS/c1-10-6-5-7-13(8-10)11(2)15-12(3)14(9-16)17-4/h5-8,11-12,14-16H,9H2,1-4H3. The molecule has 3 atom stereocenters. The SMILES string of the molecule is CSC(CO)C(C)NC(C)c1cccc(C)c1. The fourth-order valence-electron chi connectivity index (χ4n) is 1.97. The van der Waals surface area contributed by atoms with Crippen molar-refractivity contribution in [1.82, 2.24) is 5.32 Å². The third kappa shape index (κ3) is 4.34. The van der Waals surface area contributed by atoms with Gasteiger partial charge >= 0.3 is 0 Å². The molecule has 0 bridgehead atoms. The maximum Gasteiger partial charge on any atom is 0.0564 e. The first kappa shape index (κ1) is 14.6. The van der Waals surface area contributed by atoms with Crippen LogP contribution in [0.25, 0.3) is 0 Å². The summed E-state index contributed by atoms with van der Waals surface area (Å²) in [7, 11) is 0. The molecule has 0 amide bonds. The van der Waals surface area contributed by atoms with Crippen molar-refractivity contribution in [3.8, 4) is 0 Å². The van der Waals surface area contributed by atoms with E-state index in [-0.39, 0.29) is 11.9 Å². The molecule has 0 saturated carbocycles. The fourth-order valence-corrected chi connectivity index (χ4v) is 2.61. The molecule has 0 aliphatic carbocycles. The third-order valence-corrected chi connectivity index (χ3v) is 4.26. The highest BCUT2D eigenvalue weighted by atomic mass is 32.2. The van der Waals surface area contributed by atoms with Crippen molar-refractivity contribution in [2.45, 2.75) is 38.1 Å². The van der Waals surface area contributed by atoms with E-state index in [9.17, 15) is 5.11 Å². The molecule has 1 aromatic rings. The Bertz CT molecular complexity index is 339. The molecule has 0 aliphatic heterocycles. The van der Waals surface area contributed by atoms with Crippen LogP contribution in [0.5, 0.6) is 0 Å². The molecule has 0 heterocycles. The summed E-state index contributed by atoms with van der Waals surface area (Å²) in [6, 6.07) is 9.16. The van der Waals surface area contributed by atoms with Crippen LogP contribution < -0.4 is 5.32 Å². The zero-order valence-corrected chi connectivity index (χ0v) is 11.9. The molecule has 17 heavy (non-hydrogen) atoms. The Kier molecular flexibility index (Phi) is 6.03. The van der Waals surface area contributed by atoms with E-state index >= 15 is 0 Å². The maximum absolute atomic E-state index is 9.26. The summed E-state index contributed by atoms with van der Waals surface area (Å²) in [6.07, 6.45) is 2.04. The molecule has 2 nitrogen and oxygen atoms in total. The first-order valence-electron chi connectivity index (χ1n) is 6.04. The summed E-state index contributed by atoms with van der Waals surface area (Å²) >= 11 is 1.71. The summed E-state index contributed by atoms with van der Waals surface area (Å²) in [6.45, 7) is 6.62. The Balaban J connectivity index is 2.62. The number of aliphatic hydroxyl groups is 1. The first-order valence-corrected chi connectivity index (χ1v) is 7.33. The van der Waals surface area contributed by atoms with Crippen molar-refractivity contribution in [2.24, 2.45) is 0 Å². The topological polar surface area (TPSA) is 32.3 Å². The molecule has 0 saturated heterocycles. The highest BCUT2D eigenvalue weighted by Gasteiger charge is 2.17. The lowest BCUT2D eigenvalue weighted by molar-refractivity contribution is 0.272. The van der Waals surface area contributed by atoms with E-state index in [1.54, 1.807) is 11.8 Å². The van der Waals surface area contributed by atoms with Gasteiger partial charge in [-0.2, -0.15) is 11.8 Å². The average Bonchev–Trinajstić information content (AvgIpc) is 2.30. The lowest BCUT2D eigenvalue weighted by atomic mass is 10.0. The predicted octanol–water partition coefficient (Wildman–Crippen LogP) is 2.76. The van der Waals surface area contributed by atoms with Crippen molar-refractivity contribution >= 4 is 11.8 Å². The molecule has 3 heteroatoms. The van der Waals surface area contributed by atoms with Gasteiger partial charge in [0.2, 0.25) is 0 Å². The minimum absolute atomic E-state index is 0.218. The molecule has 2 N–H and O–H groups in total. The van der Waals surface area contributed by atoms with Crippen molar-refractivity contribution < 1.29 is 5.11 Å². The molecule has 0 aliphatic rings. The van der Waals surface area contributed by atoms with Gasteiger partial charge < -0.3 is 10.4 Å². The van der Waals surface area contributed by atoms with Crippen LogP contribution in [-0.2, 0) is 0 Å². The van der Waals surface area contributed by atoms with E-state index in [0.717, 1.165) is 0 Å². The van der Waals surface area contributed by atoms with Gasteiger partial charge in [-0.3, -0.25) is 0 Å². The number of hydrogen-bond acceptors (Lipinski definition) is 3. The number of hydrogen-bond donors (Lipinski definition) is 2. The molecule has 1 aromatic carbocycles. The zero-order chi connectivity index (χ0) is 12.8. The largest absolute Gasteiger partial charge is 0.395 e. The highest BCUT2D eigenvalue weighted by molar-refractivity contribution is 7.99. The van der Waals surface area contributed by atoms with E-state index < -0.39 is 0 Å². The maximum atomic E-state index is 9.26. The number of thioether (sulfide) groups is 1. The molecular formula is C14H23NOS. The summed E-state index contributed by atoms with van der Waals surface area (Å²) in [4.78, 5) is 0. The number of aliphatic hydroxyl groups excluding tert-OH is 1. The number of benzene rings is 1. The van der Waals surface area contributed by atoms with E-state index in [2.05, 4.69) is 50.4 Å². The lowest BCUT2D eigenvalue weighted by Crippen LogP contribution is -2.38. The third-order valence-electron chi connectivity index (χ3n) is 3.10. The van der Waals surface area contributed by atoms with Crippen molar-refractivity contribution in [2.75, 3.05) is 12.9 Å². The van der Waals surface area contributed by atoms with Crippen LogP contribution in [0, 0.1) is 6.92 Å².